The van der Waals surface area contributed by atoms with Gasteiger partial charge in [-0.15, -0.1) is 0 Å². The van der Waals surface area contributed by atoms with Crippen LogP contribution in [0.2, 0.25) is 10.0 Å². The van der Waals surface area contributed by atoms with E-state index in [4.69, 9.17) is 23.2 Å². The molecule has 0 aliphatic heterocycles. The van der Waals surface area contributed by atoms with Gasteiger partial charge in [-0.05, 0) is 61.4 Å². The molecule has 2 rings (SSSR count). The smallest absolute Gasteiger partial charge is 0.162 e. The molecular weight excluding hydrogens is 319 g/mol. The normalized spacial score (nSPS) is 10.5. The average molecular weight is 335 g/mol. The Balaban J connectivity index is 1.74. The summed E-state index contributed by atoms with van der Waals surface area (Å²) in [7, 11) is 0. The highest BCUT2D eigenvalue weighted by molar-refractivity contribution is 6.31. The van der Waals surface area contributed by atoms with Gasteiger partial charge in [0.2, 0.25) is 0 Å². The van der Waals surface area contributed by atoms with E-state index in [0.29, 0.717) is 46.9 Å². The van der Waals surface area contributed by atoms with Crippen LogP contribution in [-0.4, -0.2) is 11.6 Å². The molecule has 0 aromatic heterocycles. The zero-order valence-electron chi connectivity index (χ0n) is 12.0. The van der Waals surface area contributed by atoms with Crippen molar-refractivity contribution < 1.29 is 9.59 Å². The van der Waals surface area contributed by atoms with Crippen LogP contribution < -0.4 is 0 Å². The lowest BCUT2D eigenvalue weighted by atomic mass is 10.0. The van der Waals surface area contributed by atoms with Crippen LogP contribution >= 0.6 is 23.2 Å². The van der Waals surface area contributed by atoms with Gasteiger partial charge in [0.05, 0.1) is 0 Å². The highest BCUT2D eigenvalue weighted by Crippen LogP contribution is 2.15. The lowest BCUT2D eigenvalue weighted by molar-refractivity contribution is 0.0954. The molecular formula is C18H16Cl2O2. The second-order valence-corrected chi connectivity index (χ2v) is 5.94. The minimum Gasteiger partial charge on any atom is -0.294 e. The van der Waals surface area contributed by atoms with E-state index in [1.807, 2.05) is 0 Å². The quantitative estimate of drug-likeness (QED) is 0.486. The van der Waals surface area contributed by atoms with Gasteiger partial charge in [0, 0.05) is 34.0 Å². The minimum atomic E-state index is 0.0793. The predicted molar refractivity (Wildman–Crippen MR) is 90.0 cm³/mol. The van der Waals surface area contributed by atoms with Gasteiger partial charge < -0.3 is 0 Å². The van der Waals surface area contributed by atoms with Gasteiger partial charge in [0.25, 0.3) is 0 Å². The lowest BCUT2D eigenvalue weighted by Crippen LogP contribution is -2.01. The summed E-state index contributed by atoms with van der Waals surface area (Å²) in [5.74, 6) is 0.159. The summed E-state index contributed by atoms with van der Waals surface area (Å²) in [6.45, 7) is 0. The monoisotopic (exact) mass is 334 g/mol. The number of benzene rings is 2. The van der Waals surface area contributed by atoms with E-state index in [1.165, 1.54) is 0 Å². The minimum absolute atomic E-state index is 0.0793. The van der Waals surface area contributed by atoms with E-state index in [1.54, 1.807) is 48.5 Å². The number of halogens is 2. The van der Waals surface area contributed by atoms with Gasteiger partial charge in [0.15, 0.2) is 11.6 Å². The van der Waals surface area contributed by atoms with Crippen molar-refractivity contribution in [3.63, 3.8) is 0 Å². The fourth-order valence-corrected chi connectivity index (χ4v) is 2.38. The van der Waals surface area contributed by atoms with Crippen LogP contribution in [0.15, 0.2) is 48.5 Å². The highest BCUT2D eigenvalue weighted by Gasteiger charge is 2.08. The van der Waals surface area contributed by atoms with Crippen LogP contribution in [0.1, 0.15) is 46.4 Å². The van der Waals surface area contributed by atoms with E-state index in [9.17, 15) is 9.59 Å². The molecule has 0 unspecified atom stereocenters. The summed E-state index contributed by atoms with van der Waals surface area (Å²) in [6, 6.07) is 13.7. The number of rotatable bonds is 7. The molecule has 114 valence electrons. The van der Waals surface area contributed by atoms with Gasteiger partial charge in [-0.1, -0.05) is 23.2 Å². The molecule has 0 N–H and O–H groups in total. The number of unbranched alkanes of at least 4 members (excludes halogenated alkanes) is 1. The number of hydrogen-bond donors (Lipinski definition) is 0. The van der Waals surface area contributed by atoms with Crippen LogP contribution in [-0.2, 0) is 0 Å². The summed E-state index contributed by atoms with van der Waals surface area (Å²) in [6.07, 6.45) is 2.27. The first-order chi connectivity index (χ1) is 10.6. The van der Waals surface area contributed by atoms with Crippen LogP contribution in [0.5, 0.6) is 0 Å². The first-order valence-corrected chi connectivity index (χ1v) is 7.89. The van der Waals surface area contributed by atoms with Gasteiger partial charge in [-0.25, -0.2) is 0 Å². The second kappa shape index (κ2) is 8.11. The summed E-state index contributed by atoms with van der Waals surface area (Å²) in [5.41, 5.74) is 1.32. The SMILES string of the molecule is O=C(CCCCC(=O)c1ccc(Cl)cc1)c1ccc(Cl)cc1. The molecule has 0 saturated heterocycles. The second-order valence-electron chi connectivity index (χ2n) is 5.07. The van der Waals surface area contributed by atoms with Crippen LogP contribution in [0.25, 0.3) is 0 Å². The van der Waals surface area contributed by atoms with Crippen molar-refractivity contribution in [2.45, 2.75) is 25.7 Å². The first kappa shape index (κ1) is 16.7. The van der Waals surface area contributed by atoms with Crippen LogP contribution in [0.3, 0.4) is 0 Å². The molecule has 0 aliphatic carbocycles. The Morgan fingerprint density at radius 2 is 0.955 bits per heavy atom. The molecule has 4 heteroatoms. The summed E-state index contributed by atoms with van der Waals surface area (Å²) < 4.78 is 0. The number of Topliss-reactive ketones (excluding diaryl/α,β-unsaturated/α-hetero) is 2. The molecule has 22 heavy (non-hydrogen) atoms. The molecule has 2 nitrogen and oxygen atoms in total. The molecule has 0 radical (unpaired) electrons. The van der Waals surface area contributed by atoms with Crippen molar-refractivity contribution in [2.24, 2.45) is 0 Å². The molecule has 0 heterocycles. The first-order valence-electron chi connectivity index (χ1n) is 7.14. The standard InChI is InChI=1S/C18H16Cl2O2/c19-15-9-5-13(6-10-15)17(21)3-1-2-4-18(22)14-7-11-16(20)12-8-14/h5-12H,1-4H2. The Morgan fingerprint density at radius 3 is 1.27 bits per heavy atom. The summed E-state index contributed by atoms with van der Waals surface area (Å²) in [5, 5.41) is 1.23. The van der Waals surface area contributed by atoms with E-state index in [-0.39, 0.29) is 11.6 Å². The Hall–Kier alpha value is -1.64. The van der Waals surface area contributed by atoms with Crippen molar-refractivity contribution >= 4 is 34.8 Å². The number of carbonyl (C=O) groups is 2. The molecule has 2 aromatic carbocycles. The van der Waals surface area contributed by atoms with Crippen LogP contribution in [0, 0.1) is 0 Å². The van der Waals surface area contributed by atoms with Gasteiger partial charge >= 0.3 is 0 Å². The predicted octanol–water partition coefficient (Wildman–Crippen LogP) is 5.62. The fourth-order valence-electron chi connectivity index (χ4n) is 2.13. The maximum Gasteiger partial charge on any atom is 0.162 e. The van der Waals surface area contributed by atoms with Crippen molar-refractivity contribution in [2.75, 3.05) is 0 Å². The number of hydrogen-bond acceptors (Lipinski definition) is 2. The third-order valence-corrected chi connectivity index (χ3v) is 3.89. The Bertz CT molecular complexity index is 586. The number of ketones is 2. The third-order valence-electron chi connectivity index (χ3n) is 3.39. The largest absolute Gasteiger partial charge is 0.294 e. The van der Waals surface area contributed by atoms with Crippen molar-refractivity contribution in [3.05, 3.63) is 69.7 Å². The molecule has 2 aromatic rings. The Kier molecular flexibility index (Phi) is 6.17. The molecule has 0 amide bonds. The maximum atomic E-state index is 12.0. The van der Waals surface area contributed by atoms with E-state index in [2.05, 4.69) is 0 Å². The van der Waals surface area contributed by atoms with Crippen molar-refractivity contribution in [3.8, 4) is 0 Å². The topological polar surface area (TPSA) is 34.1 Å². The van der Waals surface area contributed by atoms with Gasteiger partial charge in [-0.2, -0.15) is 0 Å². The molecule has 0 spiro atoms. The maximum absolute atomic E-state index is 12.0. The molecule has 0 fully saturated rings. The van der Waals surface area contributed by atoms with E-state index < -0.39 is 0 Å². The average Bonchev–Trinajstić information content (AvgIpc) is 2.52. The lowest BCUT2D eigenvalue weighted by Gasteiger charge is -2.03. The molecule has 0 bridgehead atoms. The molecule has 0 saturated carbocycles. The summed E-state index contributed by atoms with van der Waals surface area (Å²) in [4.78, 5) is 23.9. The Morgan fingerprint density at radius 1 is 0.636 bits per heavy atom. The van der Waals surface area contributed by atoms with Gasteiger partial charge in [0.1, 0.15) is 0 Å². The third kappa shape index (κ3) is 4.97. The van der Waals surface area contributed by atoms with Crippen molar-refractivity contribution in [1.82, 2.24) is 0 Å². The van der Waals surface area contributed by atoms with E-state index in [0.717, 1.165) is 0 Å². The zero-order valence-corrected chi connectivity index (χ0v) is 13.5. The fraction of sp³-hybridized carbons (Fsp3) is 0.222. The molecule has 0 atom stereocenters. The Labute approximate surface area is 140 Å². The highest BCUT2D eigenvalue weighted by atomic mass is 35.5. The van der Waals surface area contributed by atoms with E-state index >= 15 is 0 Å². The zero-order chi connectivity index (χ0) is 15.9. The molecule has 0 aliphatic rings. The van der Waals surface area contributed by atoms with Crippen LogP contribution in [0.4, 0.5) is 0 Å². The number of carbonyl (C=O) groups excluding carboxylic acids is 2. The van der Waals surface area contributed by atoms with Gasteiger partial charge in [-0.3, -0.25) is 9.59 Å². The summed E-state index contributed by atoms with van der Waals surface area (Å²) >= 11 is 11.6. The van der Waals surface area contributed by atoms with Crippen molar-refractivity contribution in [1.29, 1.82) is 0 Å².